The average molecular weight is 379 g/mol. The fourth-order valence-electron chi connectivity index (χ4n) is 3.03. The summed E-state index contributed by atoms with van der Waals surface area (Å²) in [6.07, 6.45) is 1.90. The van der Waals surface area contributed by atoms with Crippen molar-refractivity contribution >= 4 is 16.9 Å². The number of benzene rings is 2. The van der Waals surface area contributed by atoms with Gasteiger partial charge in [0.15, 0.2) is 11.5 Å². The van der Waals surface area contributed by atoms with Crippen LogP contribution in [0.1, 0.15) is 12.7 Å². The minimum Gasteiger partial charge on any atom is -0.490 e. The van der Waals surface area contributed by atoms with Gasteiger partial charge in [-0.05, 0) is 37.3 Å². The zero-order valence-corrected chi connectivity index (χ0v) is 16.1. The van der Waals surface area contributed by atoms with Crippen molar-refractivity contribution in [1.82, 2.24) is 14.9 Å². The number of hydrogen-bond donors (Lipinski definition) is 1. The fourth-order valence-corrected chi connectivity index (χ4v) is 3.03. The highest BCUT2D eigenvalue weighted by Gasteiger charge is 2.11. The Bertz CT molecular complexity index is 949. The summed E-state index contributed by atoms with van der Waals surface area (Å²) in [5, 5.41) is 2.80. The number of carbonyl (C=O) groups is 1. The molecule has 1 aromatic heterocycles. The molecule has 146 valence electrons. The van der Waals surface area contributed by atoms with E-state index in [9.17, 15) is 4.79 Å². The highest BCUT2D eigenvalue weighted by Crippen LogP contribution is 2.26. The number of para-hydroxylation sites is 4. The van der Waals surface area contributed by atoms with Gasteiger partial charge in [-0.3, -0.25) is 4.79 Å². The number of nitrogens with zero attached hydrogens (tertiary/aromatic N) is 2. The van der Waals surface area contributed by atoms with Crippen LogP contribution in [-0.4, -0.2) is 35.2 Å². The molecule has 0 unspecified atom stereocenters. The van der Waals surface area contributed by atoms with Crippen LogP contribution < -0.4 is 14.8 Å². The molecule has 0 aliphatic heterocycles. The van der Waals surface area contributed by atoms with Gasteiger partial charge < -0.3 is 19.4 Å². The van der Waals surface area contributed by atoms with Crippen molar-refractivity contribution < 1.29 is 14.3 Å². The Morgan fingerprint density at radius 2 is 1.86 bits per heavy atom. The zero-order valence-electron chi connectivity index (χ0n) is 16.1. The van der Waals surface area contributed by atoms with E-state index in [0.29, 0.717) is 32.7 Å². The van der Waals surface area contributed by atoms with Gasteiger partial charge in [-0.1, -0.05) is 30.8 Å². The topological polar surface area (TPSA) is 65.4 Å². The summed E-state index contributed by atoms with van der Waals surface area (Å²) >= 11 is 0. The van der Waals surface area contributed by atoms with E-state index in [1.165, 1.54) is 6.08 Å². The SMILES string of the molecule is C=CC(=O)NCCc1nc2ccccc2n1CCOc1ccccc1OCC. The third-order valence-corrected chi connectivity index (χ3v) is 4.29. The summed E-state index contributed by atoms with van der Waals surface area (Å²) in [6.45, 7) is 7.64. The Labute approximate surface area is 164 Å². The van der Waals surface area contributed by atoms with Crippen LogP contribution in [0.2, 0.25) is 0 Å². The molecule has 0 atom stereocenters. The van der Waals surface area contributed by atoms with E-state index in [4.69, 9.17) is 14.5 Å². The predicted octanol–water partition coefficient (Wildman–Crippen LogP) is 3.36. The van der Waals surface area contributed by atoms with Crippen molar-refractivity contribution in [1.29, 1.82) is 0 Å². The molecule has 0 saturated heterocycles. The largest absolute Gasteiger partial charge is 0.490 e. The van der Waals surface area contributed by atoms with Crippen LogP contribution >= 0.6 is 0 Å². The van der Waals surface area contributed by atoms with Gasteiger partial charge in [0.05, 0.1) is 24.2 Å². The number of fused-ring (bicyclic) bond motifs is 1. The van der Waals surface area contributed by atoms with Crippen LogP contribution in [0, 0.1) is 0 Å². The van der Waals surface area contributed by atoms with Crippen LogP contribution in [-0.2, 0) is 17.8 Å². The third-order valence-electron chi connectivity index (χ3n) is 4.29. The first kappa shape index (κ1) is 19.5. The normalized spacial score (nSPS) is 10.6. The summed E-state index contributed by atoms with van der Waals surface area (Å²) in [6, 6.07) is 15.7. The Morgan fingerprint density at radius 3 is 2.61 bits per heavy atom. The molecule has 28 heavy (non-hydrogen) atoms. The highest BCUT2D eigenvalue weighted by molar-refractivity contribution is 5.86. The van der Waals surface area contributed by atoms with Gasteiger partial charge in [-0.15, -0.1) is 0 Å². The van der Waals surface area contributed by atoms with Crippen molar-refractivity contribution in [3.63, 3.8) is 0 Å². The Hall–Kier alpha value is -3.28. The maximum absolute atomic E-state index is 11.4. The smallest absolute Gasteiger partial charge is 0.243 e. The summed E-state index contributed by atoms with van der Waals surface area (Å²) < 4.78 is 13.7. The Kier molecular flexibility index (Phi) is 6.68. The van der Waals surface area contributed by atoms with E-state index >= 15 is 0 Å². The minimum absolute atomic E-state index is 0.182. The van der Waals surface area contributed by atoms with Gasteiger partial charge in [-0.2, -0.15) is 0 Å². The molecule has 1 amide bonds. The molecular formula is C22H25N3O3. The van der Waals surface area contributed by atoms with E-state index in [0.717, 1.165) is 28.4 Å². The van der Waals surface area contributed by atoms with Gasteiger partial charge in [-0.25, -0.2) is 4.98 Å². The van der Waals surface area contributed by atoms with Gasteiger partial charge in [0.1, 0.15) is 12.4 Å². The van der Waals surface area contributed by atoms with Crippen molar-refractivity contribution in [2.24, 2.45) is 0 Å². The number of nitrogens with one attached hydrogen (secondary N) is 1. The zero-order chi connectivity index (χ0) is 19.8. The number of aromatic nitrogens is 2. The van der Waals surface area contributed by atoms with Crippen molar-refractivity contribution in [3.8, 4) is 11.5 Å². The van der Waals surface area contributed by atoms with Gasteiger partial charge in [0, 0.05) is 13.0 Å². The molecule has 3 aromatic rings. The van der Waals surface area contributed by atoms with Crippen molar-refractivity contribution in [2.75, 3.05) is 19.8 Å². The molecule has 1 N–H and O–H groups in total. The first-order chi connectivity index (χ1) is 13.7. The van der Waals surface area contributed by atoms with Crippen molar-refractivity contribution in [2.45, 2.75) is 19.9 Å². The molecule has 0 spiro atoms. The van der Waals surface area contributed by atoms with Gasteiger partial charge in [0.25, 0.3) is 0 Å². The molecule has 0 aliphatic carbocycles. The van der Waals surface area contributed by atoms with E-state index in [1.54, 1.807) is 0 Å². The van der Waals surface area contributed by atoms with Crippen LogP contribution in [0.5, 0.6) is 11.5 Å². The fraction of sp³-hybridized carbons (Fsp3) is 0.273. The molecule has 0 bridgehead atoms. The summed E-state index contributed by atoms with van der Waals surface area (Å²) in [5.41, 5.74) is 1.98. The quantitative estimate of drug-likeness (QED) is 0.549. The standard InChI is InChI=1S/C22H25N3O3/c1-3-22(26)23-14-13-21-24-17-9-5-6-10-18(17)25(21)15-16-28-20-12-8-7-11-19(20)27-4-2/h3,5-12H,1,4,13-16H2,2H3,(H,23,26). The molecule has 0 fully saturated rings. The first-order valence-electron chi connectivity index (χ1n) is 9.42. The molecule has 6 nitrogen and oxygen atoms in total. The molecule has 1 heterocycles. The molecular weight excluding hydrogens is 354 g/mol. The van der Waals surface area contributed by atoms with Crippen LogP contribution in [0.4, 0.5) is 0 Å². The van der Waals surface area contributed by atoms with Gasteiger partial charge >= 0.3 is 0 Å². The molecule has 3 rings (SSSR count). The second-order valence-corrected chi connectivity index (χ2v) is 6.14. The average Bonchev–Trinajstić information content (AvgIpc) is 3.07. The molecule has 2 aromatic carbocycles. The number of rotatable bonds is 10. The Balaban J connectivity index is 1.71. The lowest BCUT2D eigenvalue weighted by atomic mass is 10.3. The van der Waals surface area contributed by atoms with E-state index in [-0.39, 0.29) is 5.91 Å². The molecule has 0 radical (unpaired) electrons. The lowest BCUT2D eigenvalue weighted by Gasteiger charge is -2.13. The molecule has 0 saturated carbocycles. The monoisotopic (exact) mass is 379 g/mol. The summed E-state index contributed by atoms with van der Waals surface area (Å²) in [5.74, 6) is 2.20. The number of amides is 1. The number of ether oxygens (including phenoxy) is 2. The summed E-state index contributed by atoms with van der Waals surface area (Å²) in [4.78, 5) is 16.1. The molecule has 6 heteroatoms. The van der Waals surface area contributed by atoms with Gasteiger partial charge in [0.2, 0.25) is 5.91 Å². The minimum atomic E-state index is -0.182. The molecule has 0 aliphatic rings. The van der Waals surface area contributed by atoms with E-state index in [2.05, 4.69) is 16.5 Å². The van der Waals surface area contributed by atoms with Crippen LogP contribution in [0.25, 0.3) is 11.0 Å². The summed E-state index contributed by atoms with van der Waals surface area (Å²) in [7, 11) is 0. The maximum Gasteiger partial charge on any atom is 0.243 e. The van der Waals surface area contributed by atoms with Crippen LogP contribution in [0.3, 0.4) is 0 Å². The second-order valence-electron chi connectivity index (χ2n) is 6.14. The number of carbonyl (C=O) groups excluding carboxylic acids is 1. The predicted molar refractivity (Wildman–Crippen MR) is 110 cm³/mol. The third kappa shape index (κ3) is 4.71. The highest BCUT2D eigenvalue weighted by atomic mass is 16.5. The number of imidazole rings is 1. The second kappa shape index (κ2) is 9.60. The lowest BCUT2D eigenvalue weighted by molar-refractivity contribution is -0.116. The van der Waals surface area contributed by atoms with Crippen molar-refractivity contribution in [3.05, 3.63) is 67.0 Å². The van der Waals surface area contributed by atoms with E-state index in [1.807, 2.05) is 55.5 Å². The lowest BCUT2D eigenvalue weighted by Crippen LogP contribution is -2.24. The first-order valence-corrected chi connectivity index (χ1v) is 9.42. The van der Waals surface area contributed by atoms with Crippen LogP contribution in [0.15, 0.2) is 61.2 Å². The number of hydrogen-bond acceptors (Lipinski definition) is 4. The maximum atomic E-state index is 11.4. The Morgan fingerprint density at radius 1 is 1.14 bits per heavy atom. The van der Waals surface area contributed by atoms with E-state index < -0.39 is 0 Å².